The van der Waals surface area contributed by atoms with Gasteiger partial charge >= 0.3 is 0 Å². The Kier molecular flexibility index (Phi) is 4.96. The van der Waals surface area contributed by atoms with Gasteiger partial charge in [-0.15, -0.1) is 0 Å². The Balaban J connectivity index is 1.73. The molecule has 1 aliphatic heterocycles. The van der Waals surface area contributed by atoms with Gasteiger partial charge in [0.1, 0.15) is 5.82 Å². The van der Waals surface area contributed by atoms with Crippen molar-refractivity contribution in [1.29, 1.82) is 0 Å². The number of imidazole rings is 1. The Hall–Kier alpha value is -0.870. The maximum Gasteiger partial charge on any atom is 0.112 e. The van der Waals surface area contributed by atoms with Crippen molar-refractivity contribution in [3.63, 3.8) is 0 Å². The molecule has 2 aliphatic rings. The van der Waals surface area contributed by atoms with Crippen LogP contribution in [0.25, 0.3) is 0 Å². The zero-order valence-corrected chi connectivity index (χ0v) is 13.5. The van der Waals surface area contributed by atoms with Gasteiger partial charge in [0, 0.05) is 44.3 Å². The summed E-state index contributed by atoms with van der Waals surface area (Å²) in [5, 5.41) is 3.45. The molecule has 0 radical (unpaired) electrons. The van der Waals surface area contributed by atoms with Gasteiger partial charge in [-0.3, -0.25) is 0 Å². The molecule has 1 aromatic rings. The van der Waals surface area contributed by atoms with Crippen molar-refractivity contribution < 1.29 is 4.74 Å². The van der Waals surface area contributed by atoms with Crippen LogP contribution in [0.5, 0.6) is 0 Å². The van der Waals surface area contributed by atoms with Crippen molar-refractivity contribution >= 4 is 0 Å². The summed E-state index contributed by atoms with van der Waals surface area (Å²) in [5.41, 5.74) is 2.75. The van der Waals surface area contributed by atoms with Gasteiger partial charge in [-0.25, -0.2) is 4.98 Å². The van der Waals surface area contributed by atoms with Crippen LogP contribution in [-0.4, -0.2) is 29.3 Å². The van der Waals surface area contributed by atoms with Crippen LogP contribution in [0.15, 0.2) is 0 Å². The first-order valence-corrected chi connectivity index (χ1v) is 8.62. The van der Waals surface area contributed by atoms with Crippen LogP contribution in [0.2, 0.25) is 0 Å². The first-order valence-electron chi connectivity index (χ1n) is 8.62. The molecule has 0 bridgehead atoms. The van der Waals surface area contributed by atoms with Crippen LogP contribution >= 0.6 is 0 Å². The fraction of sp³-hybridized carbons (Fsp3) is 0.824. The summed E-state index contributed by atoms with van der Waals surface area (Å²) in [5.74, 6) is 2.63. The van der Waals surface area contributed by atoms with E-state index in [1.807, 2.05) is 0 Å². The van der Waals surface area contributed by atoms with Gasteiger partial charge in [0.25, 0.3) is 0 Å². The van der Waals surface area contributed by atoms with Gasteiger partial charge in [0.15, 0.2) is 0 Å². The van der Waals surface area contributed by atoms with Crippen LogP contribution < -0.4 is 5.32 Å². The van der Waals surface area contributed by atoms with E-state index in [9.17, 15) is 0 Å². The number of ether oxygens (including phenoxy) is 1. The second-order valence-corrected chi connectivity index (χ2v) is 6.89. The van der Waals surface area contributed by atoms with Crippen LogP contribution in [0.3, 0.4) is 0 Å². The average molecular weight is 291 g/mol. The van der Waals surface area contributed by atoms with E-state index >= 15 is 0 Å². The molecule has 1 N–H and O–H groups in total. The molecule has 0 aromatic carbocycles. The van der Waals surface area contributed by atoms with Crippen molar-refractivity contribution in [3.8, 4) is 0 Å². The van der Waals surface area contributed by atoms with E-state index in [0.717, 1.165) is 39.3 Å². The van der Waals surface area contributed by atoms with Gasteiger partial charge in [-0.2, -0.15) is 0 Å². The third-order valence-electron chi connectivity index (χ3n) is 4.65. The molecule has 3 rings (SSSR count). The monoisotopic (exact) mass is 291 g/mol. The molecule has 1 fully saturated rings. The Morgan fingerprint density at radius 3 is 2.90 bits per heavy atom. The molecular formula is C17H29N3O. The molecule has 2 heterocycles. The summed E-state index contributed by atoms with van der Waals surface area (Å²) in [7, 11) is 0. The zero-order valence-electron chi connectivity index (χ0n) is 13.5. The van der Waals surface area contributed by atoms with Crippen molar-refractivity contribution in [1.82, 2.24) is 14.9 Å². The van der Waals surface area contributed by atoms with E-state index < -0.39 is 0 Å². The Bertz CT molecular complexity index is 461. The van der Waals surface area contributed by atoms with Crippen molar-refractivity contribution in [2.45, 2.75) is 65.0 Å². The number of rotatable bonds is 6. The van der Waals surface area contributed by atoms with Gasteiger partial charge < -0.3 is 14.6 Å². The first-order chi connectivity index (χ1) is 10.3. The smallest absolute Gasteiger partial charge is 0.112 e. The van der Waals surface area contributed by atoms with Crippen LogP contribution in [0, 0.1) is 5.92 Å². The molecule has 4 heteroatoms. The molecule has 0 atom stereocenters. The summed E-state index contributed by atoms with van der Waals surface area (Å²) >= 11 is 0. The Morgan fingerprint density at radius 1 is 1.33 bits per heavy atom. The summed E-state index contributed by atoms with van der Waals surface area (Å²) in [6, 6.07) is 0. The molecule has 118 valence electrons. The number of hydrogen-bond acceptors (Lipinski definition) is 3. The van der Waals surface area contributed by atoms with Crippen LogP contribution in [-0.2, 0) is 24.2 Å². The van der Waals surface area contributed by atoms with E-state index in [1.54, 1.807) is 0 Å². The standard InChI is InChI=1S/C17H29N3O/c1-13(2)12-21-10-9-20-16-7-8-18-11-15(16)19-17(20)14-5-3-4-6-14/h13-14,18H,3-12H2,1-2H3. The van der Waals surface area contributed by atoms with E-state index in [-0.39, 0.29) is 0 Å². The number of nitrogens with zero attached hydrogens (tertiary/aromatic N) is 2. The SMILES string of the molecule is CC(C)COCCn1c(C2CCCC2)nc2c1CCNC2. The molecular weight excluding hydrogens is 262 g/mol. The molecule has 4 nitrogen and oxygen atoms in total. The fourth-order valence-electron chi connectivity index (χ4n) is 3.61. The van der Waals surface area contributed by atoms with E-state index in [1.165, 1.54) is 42.9 Å². The highest BCUT2D eigenvalue weighted by Crippen LogP contribution is 2.35. The third kappa shape index (κ3) is 3.49. The molecule has 0 amide bonds. The highest BCUT2D eigenvalue weighted by atomic mass is 16.5. The highest BCUT2D eigenvalue weighted by molar-refractivity contribution is 5.22. The summed E-state index contributed by atoms with van der Waals surface area (Å²) in [6.45, 7) is 9.07. The van der Waals surface area contributed by atoms with Gasteiger partial charge in [-0.05, 0) is 18.8 Å². The average Bonchev–Trinajstić information content (AvgIpc) is 3.11. The normalized spacial score (nSPS) is 19.4. The zero-order chi connectivity index (χ0) is 14.7. The second-order valence-electron chi connectivity index (χ2n) is 6.89. The number of nitrogens with one attached hydrogen (secondary N) is 1. The molecule has 1 aromatic heterocycles. The highest BCUT2D eigenvalue weighted by Gasteiger charge is 2.26. The second kappa shape index (κ2) is 6.93. The molecule has 0 saturated heterocycles. The van der Waals surface area contributed by atoms with Crippen LogP contribution in [0.4, 0.5) is 0 Å². The maximum absolute atomic E-state index is 5.81. The minimum atomic E-state index is 0.611. The van der Waals surface area contributed by atoms with Crippen LogP contribution in [0.1, 0.15) is 62.7 Å². The largest absolute Gasteiger partial charge is 0.379 e. The summed E-state index contributed by atoms with van der Waals surface area (Å²) < 4.78 is 8.31. The Labute approximate surface area is 128 Å². The van der Waals surface area contributed by atoms with Gasteiger partial charge in [-0.1, -0.05) is 26.7 Å². The quantitative estimate of drug-likeness (QED) is 0.819. The van der Waals surface area contributed by atoms with E-state index in [0.29, 0.717) is 11.8 Å². The predicted molar refractivity (Wildman–Crippen MR) is 84.5 cm³/mol. The lowest BCUT2D eigenvalue weighted by atomic mass is 10.1. The van der Waals surface area contributed by atoms with E-state index in [4.69, 9.17) is 9.72 Å². The molecule has 1 aliphatic carbocycles. The number of aromatic nitrogens is 2. The summed E-state index contributed by atoms with van der Waals surface area (Å²) in [6.07, 6.45) is 6.47. The molecule has 1 saturated carbocycles. The number of hydrogen-bond donors (Lipinski definition) is 1. The lowest BCUT2D eigenvalue weighted by molar-refractivity contribution is 0.102. The number of fused-ring (bicyclic) bond motifs is 1. The molecule has 21 heavy (non-hydrogen) atoms. The molecule has 0 spiro atoms. The predicted octanol–water partition coefficient (Wildman–Crippen LogP) is 2.86. The summed E-state index contributed by atoms with van der Waals surface area (Å²) in [4.78, 5) is 4.99. The lowest BCUT2D eigenvalue weighted by Crippen LogP contribution is -2.25. The van der Waals surface area contributed by atoms with Crippen molar-refractivity contribution in [3.05, 3.63) is 17.2 Å². The third-order valence-corrected chi connectivity index (χ3v) is 4.65. The van der Waals surface area contributed by atoms with Gasteiger partial charge in [0.2, 0.25) is 0 Å². The van der Waals surface area contributed by atoms with E-state index in [2.05, 4.69) is 23.7 Å². The van der Waals surface area contributed by atoms with Crippen molar-refractivity contribution in [2.75, 3.05) is 19.8 Å². The topological polar surface area (TPSA) is 39.1 Å². The minimum Gasteiger partial charge on any atom is -0.379 e. The fourth-order valence-corrected chi connectivity index (χ4v) is 3.61. The van der Waals surface area contributed by atoms with Crippen molar-refractivity contribution in [2.24, 2.45) is 5.92 Å². The van der Waals surface area contributed by atoms with Gasteiger partial charge in [0.05, 0.1) is 12.3 Å². The minimum absolute atomic E-state index is 0.611. The first kappa shape index (κ1) is 15.0. The lowest BCUT2D eigenvalue weighted by Gasteiger charge is -2.18. The Morgan fingerprint density at radius 2 is 2.14 bits per heavy atom. The molecule has 0 unspecified atom stereocenters. The maximum atomic E-state index is 5.81.